The van der Waals surface area contributed by atoms with Crippen LogP contribution >= 0.6 is 0 Å². The summed E-state index contributed by atoms with van der Waals surface area (Å²) >= 11 is 0. The van der Waals surface area contributed by atoms with E-state index in [9.17, 15) is 5.11 Å². The summed E-state index contributed by atoms with van der Waals surface area (Å²) in [5, 5.41) is 11.3. The summed E-state index contributed by atoms with van der Waals surface area (Å²) in [5.74, 6) is 1.90. The molecule has 0 aromatic carbocycles. The van der Waals surface area contributed by atoms with Crippen molar-refractivity contribution < 1.29 is 9.84 Å². The van der Waals surface area contributed by atoms with Gasteiger partial charge in [-0.05, 0) is 58.3 Å². The normalized spacial score (nSPS) is 47.2. The van der Waals surface area contributed by atoms with Gasteiger partial charge in [-0.25, -0.2) is 0 Å². The molecule has 2 nitrogen and oxygen atoms in total. The summed E-state index contributed by atoms with van der Waals surface area (Å²) in [6.45, 7) is 13.0. The van der Waals surface area contributed by atoms with Crippen molar-refractivity contribution in [2.75, 3.05) is 0 Å². The maximum absolute atomic E-state index is 11.3. The van der Waals surface area contributed by atoms with Gasteiger partial charge in [0.15, 0.2) is 0 Å². The van der Waals surface area contributed by atoms with Crippen LogP contribution in [-0.2, 0) is 4.74 Å². The minimum absolute atomic E-state index is 0.204. The summed E-state index contributed by atoms with van der Waals surface area (Å²) in [6, 6.07) is 0. The lowest BCUT2D eigenvalue weighted by Gasteiger charge is -2.45. The van der Waals surface area contributed by atoms with E-state index in [1.807, 2.05) is 0 Å². The van der Waals surface area contributed by atoms with Gasteiger partial charge in [0.25, 0.3) is 0 Å². The molecule has 18 heavy (non-hydrogen) atoms. The Bertz CT molecular complexity index is 321. The fourth-order valence-corrected chi connectivity index (χ4v) is 4.29. The predicted octanol–water partition coefficient (Wildman–Crippen LogP) is 3.77. The van der Waals surface area contributed by atoms with Crippen LogP contribution in [0.4, 0.5) is 0 Å². The van der Waals surface area contributed by atoms with Crippen molar-refractivity contribution in [3.05, 3.63) is 0 Å². The molecular weight excluding hydrogens is 224 g/mol. The highest BCUT2D eigenvalue weighted by molar-refractivity contribution is 5.10. The van der Waals surface area contributed by atoms with Gasteiger partial charge in [0.2, 0.25) is 0 Å². The zero-order chi connectivity index (χ0) is 13.8. The number of ether oxygens (including phenoxy) is 1. The van der Waals surface area contributed by atoms with E-state index in [2.05, 4.69) is 41.5 Å². The van der Waals surface area contributed by atoms with Crippen LogP contribution in [0.5, 0.6) is 0 Å². The van der Waals surface area contributed by atoms with Gasteiger partial charge >= 0.3 is 0 Å². The molecule has 2 aliphatic rings. The van der Waals surface area contributed by atoms with Gasteiger partial charge in [0.05, 0.1) is 16.8 Å². The molecular formula is C16H30O2. The standard InChI is InChI=1S/C16H30O2/c1-11-7-8-13(9-12(11)2)16(17)10-14(3,4)18-15(16,5)6/h11-13,17H,7-10H2,1-6H3. The second-order valence-electron chi connectivity index (χ2n) is 7.94. The van der Waals surface area contributed by atoms with Crippen molar-refractivity contribution in [2.45, 2.75) is 84.0 Å². The third-order valence-corrected chi connectivity index (χ3v) is 5.54. The Balaban J connectivity index is 2.21. The van der Waals surface area contributed by atoms with E-state index in [0.29, 0.717) is 11.8 Å². The molecule has 1 aliphatic heterocycles. The monoisotopic (exact) mass is 254 g/mol. The first-order valence-electron chi connectivity index (χ1n) is 7.50. The molecule has 1 saturated heterocycles. The Kier molecular flexibility index (Phi) is 3.35. The summed E-state index contributed by atoms with van der Waals surface area (Å²) in [6.07, 6.45) is 4.29. The Labute approximate surface area is 112 Å². The lowest BCUT2D eigenvalue weighted by Crippen LogP contribution is -2.53. The molecule has 2 rings (SSSR count). The predicted molar refractivity (Wildman–Crippen MR) is 74.5 cm³/mol. The van der Waals surface area contributed by atoms with Crippen LogP contribution in [0.3, 0.4) is 0 Å². The molecule has 1 aliphatic carbocycles. The van der Waals surface area contributed by atoms with E-state index in [4.69, 9.17) is 4.74 Å². The van der Waals surface area contributed by atoms with Crippen molar-refractivity contribution in [3.8, 4) is 0 Å². The number of rotatable bonds is 1. The van der Waals surface area contributed by atoms with Crippen molar-refractivity contribution in [2.24, 2.45) is 17.8 Å². The van der Waals surface area contributed by atoms with Gasteiger partial charge in [-0.15, -0.1) is 0 Å². The third kappa shape index (κ3) is 2.22. The molecule has 2 fully saturated rings. The van der Waals surface area contributed by atoms with E-state index in [1.54, 1.807) is 0 Å². The van der Waals surface area contributed by atoms with Crippen molar-refractivity contribution in [1.29, 1.82) is 0 Å². The Morgan fingerprint density at radius 3 is 2.06 bits per heavy atom. The lowest BCUT2D eigenvalue weighted by atomic mass is 9.64. The molecule has 106 valence electrons. The van der Waals surface area contributed by atoms with Gasteiger partial charge < -0.3 is 9.84 Å². The zero-order valence-electron chi connectivity index (χ0n) is 12.9. The molecule has 0 aromatic rings. The Hall–Kier alpha value is -0.0800. The highest BCUT2D eigenvalue weighted by Crippen LogP contribution is 2.53. The van der Waals surface area contributed by atoms with E-state index < -0.39 is 11.2 Å². The topological polar surface area (TPSA) is 29.5 Å². The minimum Gasteiger partial charge on any atom is -0.386 e. The zero-order valence-corrected chi connectivity index (χ0v) is 12.9. The maximum Gasteiger partial charge on any atom is 0.0986 e. The van der Waals surface area contributed by atoms with E-state index in [0.717, 1.165) is 25.2 Å². The minimum atomic E-state index is -0.662. The smallest absolute Gasteiger partial charge is 0.0986 e. The lowest BCUT2D eigenvalue weighted by molar-refractivity contribution is -0.156. The van der Waals surface area contributed by atoms with Gasteiger partial charge in [-0.1, -0.05) is 20.3 Å². The van der Waals surface area contributed by atoms with E-state index in [-0.39, 0.29) is 5.60 Å². The van der Waals surface area contributed by atoms with Gasteiger partial charge in [0, 0.05) is 6.42 Å². The molecule has 1 N–H and O–H groups in total. The molecule has 2 heteroatoms. The molecule has 0 aromatic heterocycles. The van der Waals surface area contributed by atoms with Gasteiger partial charge in [-0.2, -0.15) is 0 Å². The average molecular weight is 254 g/mol. The van der Waals surface area contributed by atoms with Crippen LogP contribution in [-0.4, -0.2) is 21.9 Å². The van der Waals surface area contributed by atoms with Gasteiger partial charge in [-0.3, -0.25) is 0 Å². The molecule has 0 bridgehead atoms. The summed E-state index contributed by atoms with van der Waals surface area (Å²) < 4.78 is 6.12. The average Bonchev–Trinajstić information content (AvgIpc) is 2.36. The first kappa shape index (κ1) is 14.3. The second kappa shape index (κ2) is 4.21. The van der Waals surface area contributed by atoms with Crippen molar-refractivity contribution in [3.63, 3.8) is 0 Å². The van der Waals surface area contributed by atoms with Crippen molar-refractivity contribution >= 4 is 0 Å². The van der Waals surface area contributed by atoms with Crippen LogP contribution < -0.4 is 0 Å². The number of hydrogen-bond donors (Lipinski definition) is 1. The molecule has 4 unspecified atom stereocenters. The van der Waals surface area contributed by atoms with Crippen molar-refractivity contribution in [1.82, 2.24) is 0 Å². The summed E-state index contributed by atoms with van der Waals surface area (Å²) in [5.41, 5.74) is -1.29. The highest BCUT2D eigenvalue weighted by Gasteiger charge is 2.60. The maximum atomic E-state index is 11.3. The fraction of sp³-hybridized carbons (Fsp3) is 1.00. The second-order valence-corrected chi connectivity index (χ2v) is 7.94. The van der Waals surface area contributed by atoms with E-state index >= 15 is 0 Å². The number of hydrogen-bond acceptors (Lipinski definition) is 2. The first-order valence-corrected chi connectivity index (χ1v) is 7.50. The first-order chi connectivity index (χ1) is 8.07. The van der Waals surface area contributed by atoms with Crippen LogP contribution in [0.1, 0.15) is 67.2 Å². The van der Waals surface area contributed by atoms with Crippen LogP contribution in [0, 0.1) is 17.8 Å². The number of aliphatic hydroxyl groups is 1. The highest BCUT2D eigenvalue weighted by atomic mass is 16.5. The largest absolute Gasteiger partial charge is 0.386 e. The van der Waals surface area contributed by atoms with E-state index in [1.165, 1.54) is 6.42 Å². The Morgan fingerprint density at radius 1 is 1.00 bits per heavy atom. The molecule has 0 spiro atoms. The molecule has 0 amide bonds. The quantitative estimate of drug-likeness (QED) is 0.772. The van der Waals surface area contributed by atoms with Crippen LogP contribution in [0.2, 0.25) is 0 Å². The van der Waals surface area contributed by atoms with Crippen LogP contribution in [0.15, 0.2) is 0 Å². The molecule has 1 saturated carbocycles. The molecule has 4 atom stereocenters. The summed E-state index contributed by atoms with van der Waals surface area (Å²) in [7, 11) is 0. The van der Waals surface area contributed by atoms with Crippen LogP contribution in [0.25, 0.3) is 0 Å². The Morgan fingerprint density at radius 2 is 1.61 bits per heavy atom. The molecule has 0 radical (unpaired) electrons. The fourth-order valence-electron chi connectivity index (χ4n) is 4.29. The SMILES string of the molecule is CC1CCC(C2(O)CC(C)(C)OC2(C)C)CC1C. The molecule has 1 heterocycles. The summed E-state index contributed by atoms with van der Waals surface area (Å²) in [4.78, 5) is 0. The van der Waals surface area contributed by atoms with Gasteiger partial charge in [0.1, 0.15) is 0 Å². The third-order valence-electron chi connectivity index (χ3n) is 5.54.